The monoisotopic (exact) mass is 518 g/mol. The number of amides is 1. The number of hydrogen-bond donors (Lipinski definition) is 2. The molecule has 3 nitrogen and oxygen atoms in total. The molecule has 0 fully saturated rings. The van der Waals surface area contributed by atoms with E-state index < -0.39 is 0 Å². The summed E-state index contributed by atoms with van der Waals surface area (Å²) >= 11 is 12.2. The summed E-state index contributed by atoms with van der Waals surface area (Å²) in [6, 6.07) is 11.7. The molecule has 35 heavy (non-hydrogen) atoms. The van der Waals surface area contributed by atoms with Crippen LogP contribution in [-0.4, -0.2) is 11.0 Å². The molecule has 0 aliphatic carbocycles. The number of rotatable bonds is 14. The Morgan fingerprint density at radius 1 is 0.914 bits per heavy atom. The average molecular weight is 520 g/mol. The van der Waals surface area contributed by atoms with Crippen LogP contribution in [0.5, 0.6) is 5.75 Å². The smallest absolute Gasteiger partial charge is 0.231 e. The van der Waals surface area contributed by atoms with E-state index in [1.54, 1.807) is 18.2 Å². The van der Waals surface area contributed by atoms with Crippen molar-refractivity contribution in [3.05, 3.63) is 57.6 Å². The fourth-order valence-electron chi connectivity index (χ4n) is 4.46. The van der Waals surface area contributed by atoms with E-state index in [2.05, 4.69) is 39.1 Å². The van der Waals surface area contributed by atoms with E-state index >= 15 is 0 Å². The Hall–Kier alpha value is -1.71. The molecule has 5 heteroatoms. The number of hydrogen-bond acceptors (Lipinski definition) is 2. The fourth-order valence-corrected chi connectivity index (χ4v) is 4.95. The summed E-state index contributed by atoms with van der Waals surface area (Å²) in [5.41, 5.74) is 2.10. The third-order valence-corrected chi connectivity index (χ3v) is 6.87. The molecule has 193 valence electrons. The van der Waals surface area contributed by atoms with Crippen LogP contribution in [0.4, 0.5) is 5.69 Å². The Kier molecular flexibility index (Phi) is 12.4. The molecule has 2 aromatic rings. The average Bonchev–Trinajstić information content (AvgIpc) is 2.76. The largest absolute Gasteiger partial charge is 0.508 e. The second-order valence-electron chi connectivity index (χ2n) is 10.6. The minimum absolute atomic E-state index is 0.0928. The van der Waals surface area contributed by atoms with Gasteiger partial charge in [0.2, 0.25) is 5.91 Å². The first-order chi connectivity index (χ1) is 16.6. The van der Waals surface area contributed by atoms with Crippen molar-refractivity contribution in [1.29, 1.82) is 0 Å². The minimum Gasteiger partial charge on any atom is -0.508 e. The van der Waals surface area contributed by atoms with E-state index in [4.69, 9.17) is 23.2 Å². The molecule has 1 atom stereocenters. The van der Waals surface area contributed by atoms with Gasteiger partial charge in [-0.2, -0.15) is 0 Å². The maximum atomic E-state index is 13.4. The standard InChI is InChI=1S/C30H42Cl2NO2/c1-5-6-7-8-9-10-11-12-13-14-15-26(22-16-17-28(34)27(18-22)30(2,3)4)29(35)33-25-20-23(31)19-24(32)21-25/h16-18,20-21,26,34H,5-15H2,1-4H3,(H,33,35). The van der Waals surface area contributed by atoms with Gasteiger partial charge in [0.15, 0.2) is 0 Å². The molecular formula is C30H42Cl2NO2. The van der Waals surface area contributed by atoms with E-state index in [1.165, 1.54) is 51.4 Å². The Bertz CT molecular complexity index is 916. The number of phenolic OH excluding ortho intramolecular Hbond substituents is 1. The quantitative estimate of drug-likeness (QED) is 0.244. The molecule has 1 amide bonds. The van der Waals surface area contributed by atoms with E-state index in [9.17, 15) is 9.90 Å². The van der Waals surface area contributed by atoms with Gasteiger partial charge in [0.25, 0.3) is 0 Å². The Morgan fingerprint density at radius 2 is 1.46 bits per heavy atom. The van der Waals surface area contributed by atoms with Crippen molar-refractivity contribution in [2.45, 2.75) is 110 Å². The molecular weight excluding hydrogens is 477 g/mol. The van der Waals surface area contributed by atoms with Crippen LogP contribution in [0.2, 0.25) is 10.0 Å². The normalized spacial score (nSPS) is 12.5. The zero-order chi connectivity index (χ0) is 25.8. The van der Waals surface area contributed by atoms with Crippen LogP contribution in [0.15, 0.2) is 30.3 Å². The summed E-state index contributed by atoms with van der Waals surface area (Å²) in [4.78, 5) is 13.4. The SMILES string of the molecule is CCCCCCCCCCCCC(C(=O)Nc1cc(Cl)[c]c(Cl)c1)c1ccc(O)c(C(C)(C)C)c1. The molecule has 0 bridgehead atoms. The summed E-state index contributed by atoms with van der Waals surface area (Å²) in [6.45, 7) is 8.44. The van der Waals surface area contributed by atoms with Gasteiger partial charge in [0, 0.05) is 11.8 Å². The first kappa shape index (κ1) is 29.5. The summed E-state index contributed by atoms with van der Waals surface area (Å²) < 4.78 is 0. The van der Waals surface area contributed by atoms with Crippen LogP contribution in [0.1, 0.15) is 115 Å². The number of carbonyl (C=O) groups is 1. The van der Waals surface area contributed by atoms with E-state index in [-0.39, 0.29) is 23.0 Å². The summed E-state index contributed by atoms with van der Waals surface area (Å²) in [6.07, 6.45) is 13.2. The number of carbonyl (C=O) groups excluding carboxylic acids is 1. The van der Waals surface area contributed by atoms with Crippen LogP contribution >= 0.6 is 23.2 Å². The van der Waals surface area contributed by atoms with E-state index in [0.29, 0.717) is 15.7 Å². The highest BCUT2D eigenvalue weighted by Gasteiger charge is 2.25. The van der Waals surface area contributed by atoms with Crippen LogP contribution in [0.3, 0.4) is 0 Å². The van der Waals surface area contributed by atoms with Gasteiger partial charge in [0.1, 0.15) is 5.75 Å². The van der Waals surface area contributed by atoms with Crippen molar-refractivity contribution in [3.8, 4) is 5.75 Å². The van der Waals surface area contributed by atoms with Crippen molar-refractivity contribution in [2.24, 2.45) is 0 Å². The highest BCUT2D eigenvalue weighted by molar-refractivity contribution is 6.34. The molecule has 0 aliphatic rings. The zero-order valence-corrected chi connectivity index (χ0v) is 23.4. The van der Waals surface area contributed by atoms with Gasteiger partial charge < -0.3 is 10.4 Å². The lowest BCUT2D eigenvalue weighted by molar-refractivity contribution is -0.117. The molecule has 0 saturated carbocycles. The molecule has 0 aliphatic heterocycles. The fraction of sp³-hybridized carbons (Fsp3) is 0.567. The van der Waals surface area contributed by atoms with Crippen molar-refractivity contribution in [3.63, 3.8) is 0 Å². The second kappa shape index (κ2) is 14.8. The molecule has 0 saturated heterocycles. The number of halogens is 2. The molecule has 1 radical (unpaired) electrons. The highest BCUT2D eigenvalue weighted by Crippen LogP contribution is 2.35. The number of nitrogens with one attached hydrogen (secondary N) is 1. The van der Waals surface area contributed by atoms with Crippen LogP contribution < -0.4 is 5.32 Å². The van der Waals surface area contributed by atoms with Gasteiger partial charge in [-0.05, 0) is 41.2 Å². The summed E-state index contributed by atoms with van der Waals surface area (Å²) in [7, 11) is 0. The van der Waals surface area contributed by atoms with Crippen molar-refractivity contribution >= 4 is 34.8 Å². The topological polar surface area (TPSA) is 49.3 Å². The molecule has 0 aromatic heterocycles. The van der Waals surface area contributed by atoms with Gasteiger partial charge >= 0.3 is 0 Å². The number of anilines is 1. The van der Waals surface area contributed by atoms with Gasteiger partial charge in [-0.1, -0.05) is 127 Å². The van der Waals surface area contributed by atoms with Gasteiger partial charge in [-0.3, -0.25) is 4.79 Å². The predicted octanol–water partition coefficient (Wildman–Crippen LogP) is 9.83. The lowest BCUT2D eigenvalue weighted by Gasteiger charge is -2.24. The first-order valence-corrected chi connectivity index (χ1v) is 13.9. The lowest BCUT2D eigenvalue weighted by atomic mass is 9.82. The molecule has 1 unspecified atom stereocenters. The molecule has 2 rings (SSSR count). The number of benzene rings is 2. The third kappa shape index (κ3) is 10.4. The van der Waals surface area contributed by atoms with Crippen LogP contribution in [0.25, 0.3) is 0 Å². The zero-order valence-electron chi connectivity index (χ0n) is 21.9. The Balaban J connectivity index is 2.05. The first-order valence-electron chi connectivity index (χ1n) is 13.1. The Morgan fingerprint density at radius 3 is 2.00 bits per heavy atom. The molecule has 0 heterocycles. The van der Waals surface area contributed by atoms with Gasteiger partial charge in [-0.15, -0.1) is 0 Å². The van der Waals surface area contributed by atoms with E-state index in [1.807, 2.05) is 12.1 Å². The number of unbranched alkanes of at least 4 members (excludes halogenated alkanes) is 9. The second-order valence-corrected chi connectivity index (χ2v) is 11.4. The highest BCUT2D eigenvalue weighted by atomic mass is 35.5. The Labute approximate surface area is 222 Å². The molecule has 2 N–H and O–H groups in total. The van der Waals surface area contributed by atoms with E-state index in [0.717, 1.165) is 30.4 Å². The van der Waals surface area contributed by atoms with Gasteiger partial charge in [-0.25, -0.2) is 0 Å². The third-order valence-electron chi connectivity index (χ3n) is 6.46. The maximum absolute atomic E-state index is 13.4. The van der Waals surface area contributed by atoms with Crippen molar-refractivity contribution < 1.29 is 9.90 Å². The number of aromatic hydroxyl groups is 1. The lowest BCUT2D eigenvalue weighted by Crippen LogP contribution is -2.22. The van der Waals surface area contributed by atoms with Crippen molar-refractivity contribution in [1.82, 2.24) is 0 Å². The maximum Gasteiger partial charge on any atom is 0.231 e. The number of phenols is 1. The van der Waals surface area contributed by atoms with Crippen LogP contribution in [0, 0.1) is 6.07 Å². The van der Waals surface area contributed by atoms with Crippen molar-refractivity contribution in [2.75, 3.05) is 5.32 Å². The summed E-state index contributed by atoms with van der Waals surface area (Å²) in [5.74, 6) is -0.159. The summed E-state index contributed by atoms with van der Waals surface area (Å²) in [5, 5.41) is 14.1. The van der Waals surface area contributed by atoms with Crippen LogP contribution in [-0.2, 0) is 10.2 Å². The molecule has 2 aromatic carbocycles. The minimum atomic E-state index is -0.326. The predicted molar refractivity (Wildman–Crippen MR) is 150 cm³/mol. The van der Waals surface area contributed by atoms with Gasteiger partial charge in [0.05, 0.1) is 16.0 Å². The molecule has 0 spiro atoms.